The zero-order chi connectivity index (χ0) is 11.3. The summed E-state index contributed by atoms with van der Waals surface area (Å²) in [7, 11) is 1.39. The van der Waals surface area contributed by atoms with E-state index in [0.717, 1.165) is 4.90 Å². The van der Waals surface area contributed by atoms with Crippen LogP contribution in [0.1, 0.15) is 12.5 Å². The third-order valence-electron chi connectivity index (χ3n) is 1.90. The molecule has 0 aromatic heterocycles. The number of esters is 1. The number of methoxy groups -OCH3 is 1. The van der Waals surface area contributed by atoms with Gasteiger partial charge in [-0.3, -0.25) is 0 Å². The Kier molecular flexibility index (Phi) is 4.43. The number of thioether (sulfide) groups is 1. The molecule has 0 bridgehead atoms. The van der Waals surface area contributed by atoms with Crippen molar-refractivity contribution in [3.8, 4) is 0 Å². The molecule has 0 saturated heterocycles. The summed E-state index contributed by atoms with van der Waals surface area (Å²) in [5.74, 6) is -0.283. The fourth-order valence-electron chi connectivity index (χ4n) is 0.982. The van der Waals surface area contributed by atoms with Gasteiger partial charge >= 0.3 is 5.97 Å². The van der Waals surface area contributed by atoms with E-state index < -0.39 is 0 Å². The van der Waals surface area contributed by atoms with Crippen molar-refractivity contribution >= 4 is 17.7 Å². The van der Waals surface area contributed by atoms with E-state index in [1.165, 1.54) is 24.4 Å². The SMILES string of the molecule is COC(=O)/C(C)=C/Sc1ccc(C)cc1. The number of hydrogen-bond acceptors (Lipinski definition) is 3. The molecule has 0 atom stereocenters. The molecule has 0 aliphatic carbocycles. The highest BCUT2D eigenvalue weighted by Crippen LogP contribution is 2.21. The molecule has 80 valence electrons. The van der Waals surface area contributed by atoms with Gasteiger partial charge in [-0.05, 0) is 31.4 Å². The predicted molar refractivity (Wildman–Crippen MR) is 62.8 cm³/mol. The molecule has 0 spiro atoms. The van der Waals surface area contributed by atoms with Gasteiger partial charge in [0.15, 0.2) is 0 Å². The summed E-state index contributed by atoms with van der Waals surface area (Å²) in [5.41, 5.74) is 1.84. The predicted octanol–water partition coefficient (Wildman–Crippen LogP) is 3.16. The lowest BCUT2D eigenvalue weighted by atomic mass is 10.2. The number of benzene rings is 1. The molecule has 0 unspecified atom stereocenters. The first-order valence-corrected chi connectivity index (χ1v) is 5.50. The summed E-state index contributed by atoms with van der Waals surface area (Å²) < 4.78 is 4.60. The van der Waals surface area contributed by atoms with Crippen LogP contribution in [-0.4, -0.2) is 13.1 Å². The van der Waals surface area contributed by atoms with Gasteiger partial charge in [0.05, 0.1) is 7.11 Å². The molecule has 1 aromatic carbocycles. The molecular formula is C12H14O2S. The Hall–Kier alpha value is -1.22. The Morgan fingerprint density at radius 1 is 1.33 bits per heavy atom. The Balaban J connectivity index is 2.63. The van der Waals surface area contributed by atoms with Crippen LogP contribution in [0.5, 0.6) is 0 Å². The van der Waals surface area contributed by atoms with Crippen LogP contribution in [0.4, 0.5) is 0 Å². The fraction of sp³-hybridized carbons (Fsp3) is 0.250. The van der Waals surface area contributed by atoms with Crippen molar-refractivity contribution in [1.82, 2.24) is 0 Å². The zero-order valence-electron chi connectivity index (χ0n) is 9.11. The summed E-state index contributed by atoms with van der Waals surface area (Å²) in [5, 5.41) is 1.80. The van der Waals surface area contributed by atoms with Gasteiger partial charge in [0, 0.05) is 10.5 Å². The zero-order valence-corrected chi connectivity index (χ0v) is 9.93. The Labute approximate surface area is 94.3 Å². The molecule has 15 heavy (non-hydrogen) atoms. The second-order valence-corrected chi connectivity index (χ2v) is 4.17. The van der Waals surface area contributed by atoms with Gasteiger partial charge in [0.2, 0.25) is 0 Å². The molecule has 2 nitrogen and oxygen atoms in total. The highest BCUT2D eigenvalue weighted by atomic mass is 32.2. The molecule has 3 heteroatoms. The highest BCUT2D eigenvalue weighted by molar-refractivity contribution is 8.02. The van der Waals surface area contributed by atoms with Crippen LogP contribution < -0.4 is 0 Å². The van der Waals surface area contributed by atoms with E-state index >= 15 is 0 Å². The lowest BCUT2D eigenvalue weighted by Crippen LogP contribution is -2.00. The quantitative estimate of drug-likeness (QED) is 0.446. The van der Waals surface area contributed by atoms with Crippen LogP contribution in [0.25, 0.3) is 0 Å². The van der Waals surface area contributed by atoms with Crippen molar-refractivity contribution in [2.75, 3.05) is 7.11 Å². The number of ether oxygens (including phenoxy) is 1. The molecule has 0 saturated carbocycles. The molecule has 0 N–H and O–H groups in total. The molecule has 0 radical (unpaired) electrons. The van der Waals surface area contributed by atoms with Gasteiger partial charge in [-0.1, -0.05) is 29.5 Å². The summed E-state index contributed by atoms with van der Waals surface area (Å²) in [6.07, 6.45) is 0. The van der Waals surface area contributed by atoms with Gasteiger partial charge in [0.25, 0.3) is 0 Å². The normalized spacial score (nSPS) is 11.3. The summed E-state index contributed by atoms with van der Waals surface area (Å²) in [6.45, 7) is 3.79. The number of rotatable bonds is 3. The molecule has 0 aliphatic heterocycles. The molecule has 0 fully saturated rings. The molecule has 0 heterocycles. The second-order valence-electron chi connectivity index (χ2n) is 3.22. The first-order valence-electron chi connectivity index (χ1n) is 4.62. The van der Waals surface area contributed by atoms with Crippen LogP contribution in [0.15, 0.2) is 40.1 Å². The average Bonchev–Trinajstić information content (AvgIpc) is 2.26. The third kappa shape index (κ3) is 3.80. The minimum Gasteiger partial charge on any atom is -0.466 e. The Morgan fingerprint density at radius 2 is 1.93 bits per heavy atom. The van der Waals surface area contributed by atoms with Crippen molar-refractivity contribution in [3.63, 3.8) is 0 Å². The fourth-order valence-corrected chi connectivity index (χ4v) is 1.68. The van der Waals surface area contributed by atoms with Gasteiger partial charge in [0.1, 0.15) is 0 Å². The maximum atomic E-state index is 11.1. The maximum absolute atomic E-state index is 11.1. The minimum absolute atomic E-state index is 0.283. The van der Waals surface area contributed by atoms with Crippen molar-refractivity contribution in [3.05, 3.63) is 40.8 Å². The monoisotopic (exact) mass is 222 g/mol. The van der Waals surface area contributed by atoms with E-state index in [-0.39, 0.29) is 5.97 Å². The topological polar surface area (TPSA) is 26.3 Å². The molecule has 0 aliphatic rings. The van der Waals surface area contributed by atoms with Crippen LogP contribution in [0.2, 0.25) is 0 Å². The van der Waals surface area contributed by atoms with E-state index in [1.807, 2.05) is 31.2 Å². The molecule has 0 amide bonds. The summed E-state index contributed by atoms with van der Waals surface area (Å²) in [4.78, 5) is 12.2. The van der Waals surface area contributed by atoms with Gasteiger partial charge < -0.3 is 4.74 Å². The highest BCUT2D eigenvalue weighted by Gasteiger charge is 2.02. The Morgan fingerprint density at radius 3 is 2.47 bits per heavy atom. The average molecular weight is 222 g/mol. The first kappa shape index (κ1) is 11.9. The Bertz CT molecular complexity index is 366. The number of aryl methyl sites for hydroxylation is 1. The number of hydrogen-bond donors (Lipinski definition) is 0. The summed E-state index contributed by atoms with van der Waals surface area (Å²) in [6, 6.07) is 8.15. The smallest absolute Gasteiger partial charge is 0.333 e. The lowest BCUT2D eigenvalue weighted by molar-refractivity contribution is -0.136. The third-order valence-corrected chi connectivity index (χ3v) is 2.92. The van der Waals surface area contributed by atoms with Crippen LogP contribution in [0, 0.1) is 6.92 Å². The van der Waals surface area contributed by atoms with Gasteiger partial charge in [-0.25, -0.2) is 4.79 Å². The van der Waals surface area contributed by atoms with E-state index in [1.54, 1.807) is 12.3 Å². The molecule has 1 aromatic rings. The van der Waals surface area contributed by atoms with Crippen molar-refractivity contribution in [1.29, 1.82) is 0 Å². The van der Waals surface area contributed by atoms with E-state index in [4.69, 9.17) is 0 Å². The number of carbonyl (C=O) groups is 1. The molecule has 1 rings (SSSR count). The molecular weight excluding hydrogens is 208 g/mol. The van der Waals surface area contributed by atoms with Crippen LogP contribution in [-0.2, 0) is 9.53 Å². The van der Waals surface area contributed by atoms with Gasteiger partial charge in [-0.15, -0.1) is 0 Å². The summed E-state index contributed by atoms with van der Waals surface area (Å²) >= 11 is 1.52. The van der Waals surface area contributed by atoms with Crippen LogP contribution in [0.3, 0.4) is 0 Å². The maximum Gasteiger partial charge on any atom is 0.333 e. The standard InChI is InChI=1S/C12H14O2S/c1-9-4-6-11(7-5-9)15-8-10(2)12(13)14-3/h4-8H,1-3H3/b10-8+. The van der Waals surface area contributed by atoms with E-state index in [0.29, 0.717) is 5.57 Å². The van der Waals surface area contributed by atoms with Crippen LogP contribution >= 0.6 is 11.8 Å². The number of carbonyl (C=O) groups excluding carboxylic acids is 1. The van der Waals surface area contributed by atoms with Gasteiger partial charge in [-0.2, -0.15) is 0 Å². The first-order chi connectivity index (χ1) is 7.13. The van der Waals surface area contributed by atoms with Crippen molar-refractivity contribution < 1.29 is 9.53 Å². The minimum atomic E-state index is -0.283. The lowest BCUT2D eigenvalue weighted by Gasteiger charge is -1.99. The van der Waals surface area contributed by atoms with Crippen molar-refractivity contribution in [2.24, 2.45) is 0 Å². The second kappa shape index (κ2) is 5.61. The van der Waals surface area contributed by atoms with Crippen molar-refractivity contribution in [2.45, 2.75) is 18.7 Å². The van der Waals surface area contributed by atoms with E-state index in [2.05, 4.69) is 4.74 Å². The largest absolute Gasteiger partial charge is 0.466 e. The van der Waals surface area contributed by atoms with E-state index in [9.17, 15) is 4.79 Å².